The molecule has 152 valence electrons. The lowest BCUT2D eigenvalue weighted by Crippen LogP contribution is -2.24. The van der Waals surface area contributed by atoms with Crippen molar-refractivity contribution < 1.29 is 14.5 Å². The van der Waals surface area contributed by atoms with E-state index in [-0.39, 0.29) is 23.9 Å². The summed E-state index contributed by atoms with van der Waals surface area (Å²) in [5.41, 5.74) is 3.03. The average Bonchev–Trinajstić information content (AvgIpc) is 2.71. The summed E-state index contributed by atoms with van der Waals surface area (Å²) in [6, 6.07) is 13.0. The van der Waals surface area contributed by atoms with E-state index >= 15 is 0 Å². The van der Waals surface area contributed by atoms with Crippen molar-refractivity contribution >= 4 is 35.3 Å². The molecule has 0 fully saturated rings. The topological polar surface area (TPSA) is 114 Å². The van der Waals surface area contributed by atoms with Crippen LogP contribution >= 0.6 is 11.6 Å². The number of benzene rings is 2. The van der Waals surface area contributed by atoms with E-state index in [2.05, 4.69) is 15.8 Å². The fourth-order valence-corrected chi connectivity index (χ4v) is 2.74. The van der Waals surface area contributed by atoms with Gasteiger partial charge in [-0.25, -0.2) is 5.43 Å². The van der Waals surface area contributed by atoms with Crippen molar-refractivity contribution in [2.24, 2.45) is 5.10 Å². The molecule has 0 atom stereocenters. The van der Waals surface area contributed by atoms with Crippen LogP contribution in [0.25, 0.3) is 0 Å². The first-order chi connectivity index (χ1) is 14.0. The predicted octanol–water partition coefficient (Wildman–Crippen LogP) is 3.69. The molecule has 0 aliphatic carbocycles. The predicted molar refractivity (Wildman–Crippen MR) is 111 cm³/mol. The summed E-state index contributed by atoms with van der Waals surface area (Å²) in [7, 11) is 0. The van der Waals surface area contributed by atoms with Gasteiger partial charge in [-0.05, 0) is 31.0 Å². The smallest absolute Gasteiger partial charge is 0.278 e. The third-order valence-electron chi connectivity index (χ3n) is 4.01. The lowest BCUT2D eigenvalue weighted by Gasteiger charge is -2.06. The van der Waals surface area contributed by atoms with E-state index in [4.69, 9.17) is 11.6 Å². The molecule has 2 rings (SSSR count). The third kappa shape index (κ3) is 7.34. The Kier molecular flexibility index (Phi) is 8.78. The van der Waals surface area contributed by atoms with Gasteiger partial charge in [0.25, 0.3) is 11.6 Å². The molecule has 9 heteroatoms. The van der Waals surface area contributed by atoms with E-state index in [9.17, 15) is 19.7 Å². The zero-order valence-corrected chi connectivity index (χ0v) is 16.4. The van der Waals surface area contributed by atoms with Crippen LogP contribution in [0.1, 0.15) is 41.6 Å². The van der Waals surface area contributed by atoms with Crippen LogP contribution in [-0.2, 0) is 4.79 Å². The van der Waals surface area contributed by atoms with E-state index in [0.717, 1.165) is 12.8 Å². The van der Waals surface area contributed by atoms with Gasteiger partial charge >= 0.3 is 0 Å². The second-order valence-corrected chi connectivity index (χ2v) is 6.56. The standard InChI is InChI=1S/C20H21ClN4O4/c21-17-10-5-4-9-16(17)20(27)22-13-7-1-2-12-19(26)24-23-14-15-8-3-6-11-18(15)25(28)29/h3-6,8-11,14H,1-2,7,12-13H2,(H,22,27)(H,24,26). The van der Waals surface area contributed by atoms with Crippen LogP contribution in [0.5, 0.6) is 0 Å². The number of halogens is 1. The number of nitro groups is 1. The summed E-state index contributed by atoms with van der Waals surface area (Å²) in [5, 5.41) is 17.9. The maximum Gasteiger partial charge on any atom is 0.278 e. The van der Waals surface area contributed by atoms with Crippen molar-refractivity contribution in [1.82, 2.24) is 10.7 Å². The van der Waals surface area contributed by atoms with Crippen LogP contribution < -0.4 is 10.7 Å². The van der Waals surface area contributed by atoms with Crippen molar-refractivity contribution in [2.75, 3.05) is 6.54 Å². The van der Waals surface area contributed by atoms with Gasteiger partial charge in [-0.2, -0.15) is 5.10 Å². The van der Waals surface area contributed by atoms with E-state index in [1.165, 1.54) is 12.3 Å². The van der Waals surface area contributed by atoms with Crippen LogP contribution in [0, 0.1) is 10.1 Å². The Labute approximate surface area is 173 Å². The minimum Gasteiger partial charge on any atom is -0.352 e. The van der Waals surface area contributed by atoms with Gasteiger partial charge in [-0.3, -0.25) is 19.7 Å². The first kappa shape index (κ1) is 22.0. The molecule has 0 unspecified atom stereocenters. The number of carbonyl (C=O) groups excluding carboxylic acids is 2. The molecule has 0 spiro atoms. The lowest BCUT2D eigenvalue weighted by molar-refractivity contribution is -0.385. The molecular formula is C20H21ClN4O4. The van der Waals surface area contributed by atoms with Crippen LogP contribution in [0.4, 0.5) is 5.69 Å². The molecule has 2 N–H and O–H groups in total. The minimum absolute atomic E-state index is 0.0793. The molecule has 2 aromatic rings. The summed E-state index contributed by atoms with van der Waals surface area (Å²) in [6.07, 6.45) is 3.63. The summed E-state index contributed by atoms with van der Waals surface area (Å²) in [6.45, 7) is 0.488. The van der Waals surface area contributed by atoms with Gasteiger partial charge in [0, 0.05) is 19.0 Å². The highest BCUT2D eigenvalue weighted by molar-refractivity contribution is 6.33. The summed E-state index contributed by atoms with van der Waals surface area (Å²) >= 11 is 5.97. The van der Waals surface area contributed by atoms with Gasteiger partial charge in [0.1, 0.15) is 0 Å². The Balaban J connectivity index is 1.62. The van der Waals surface area contributed by atoms with Crippen LogP contribution in [0.3, 0.4) is 0 Å². The number of rotatable bonds is 10. The van der Waals surface area contributed by atoms with Gasteiger partial charge in [0.2, 0.25) is 5.91 Å². The molecule has 0 saturated heterocycles. The van der Waals surface area contributed by atoms with Crippen molar-refractivity contribution in [1.29, 1.82) is 0 Å². The molecule has 2 aromatic carbocycles. The molecule has 0 aliphatic heterocycles. The number of carbonyl (C=O) groups is 2. The van der Waals surface area contributed by atoms with Crippen LogP contribution in [0.2, 0.25) is 5.02 Å². The Morgan fingerprint density at radius 1 is 1.07 bits per heavy atom. The fourth-order valence-electron chi connectivity index (χ4n) is 2.52. The number of nitrogens with zero attached hydrogens (tertiary/aromatic N) is 2. The van der Waals surface area contributed by atoms with E-state index in [0.29, 0.717) is 29.1 Å². The second kappa shape index (κ2) is 11.6. The second-order valence-electron chi connectivity index (χ2n) is 6.16. The highest BCUT2D eigenvalue weighted by atomic mass is 35.5. The van der Waals surface area contributed by atoms with Crippen LogP contribution in [0.15, 0.2) is 53.6 Å². The van der Waals surface area contributed by atoms with Gasteiger partial charge in [-0.1, -0.05) is 42.3 Å². The number of hydrazone groups is 1. The highest BCUT2D eigenvalue weighted by Crippen LogP contribution is 2.15. The van der Waals surface area contributed by atoms with E-state index < -0.39 is 4.92 Å². The molecular weight excluding hydrogens is 396 g/mol. The van der Waals surface area contributed by atoms with E-state index in [1.54, 1.807) is 42.5 Å². The first-order valence-corrected chi connectivity index (χ1v) is 9.45. The van der Waals surface area contributed by atoms with Crippen molar-refractivity contribution in [3.8, 4) is 0 Å². The SMILES string of the molecule is O=C(CCCCCNC(=O)c1ccccc1Cl)NN=Cc1ccccc1[N+](=O)[O-]. The monoisotopic (exact) mass is 416 g/mol. The minimum atomic E-state index is -0.506. The maximum absolute atomic E-state index is 12.0. The number of amides is 2. The number of hydrogen-bond acceptors (Lipinski definition) is 5. The van der Waals surface area contributed by atoms with Gasteiger partial charge in [0.05, 0.1) is 27.3 Å². The maximum atomic E-state index is 12.0. The number of hydrogen-bond donors (Lipinski definition) is 2. The highest BCUT2D eigenvalue weighted by Gasteiger charge is 2.10. The summed E-state index contributed by atoms with van der Waals surface area (Å²) in [4.78, 5) is 34.2. The molecule has 0 bridgehead atoms. The van der Waals surface area contributed by atoms with Gasteiger partial charge < -0.3 is 5.32 Å². The Morgan fingerprint density at radius 2 is 1.79 bits per heavy atom. The Bertz CT molecular complexity index is 902. The van der Waals surface area contributed by atoms with E-state index in [1.807, 2.05) is 0 Å². The van der Waals surface area contributed by atoms with Crippen molar-refractivity contribution in [2.45, 2.75) is 25.7 Å². The first-order valence-electron chi connectivity index (χ1n) is 9.07. The molecule has 0 aromatic heterocycles. The normalized spacial score (nSPS) is 10.7. The van der Waals surface area contributed by atoms with Crippen molar-refractivity contribution in [3.63, 3.8) is 0 Å². The number of nitro benzene ring substituents is 1. The zero-order chi connectivity index (χ0) is 21.1. The van der Waals surface area contributed by atoms with Gasteiger partial charge in [-0.15, -0.1) is 0 Å². The average molecular weight is 417 g/mol. The molecule has 8 nitrogen and oxygen atoms in total. The summed E-state index contributed by atoms with van der Waals surface area (Å²) < 4.78 is 0. The molecule has 0 aliphatic rings. The van der Waals surface area contributed by atoms with Crippen LogP contribution in [-0.4, -0.2) is 29.5 Å². The molecule has 29 heavy (non-hydrogen) atoms. The Hall–Kier alpha value is -3.26. The number of unbranched alkanes of at least 4 members (excludes halogenated alkanes) is 2. The van der Waals surface area contributed by atoms with Crippen molar-refractivity contribution in [3.05, 3.63) is 74.8 Å². The quantitative estimate of drug-likeness (QED) is 0.266. The van der Waals surface area contributed by atoms with Gasteiger partial charge in [0.15, 0.2) is 0 Å². The molecule has 0 radical (unpaired) electrons. The zero-order valence-electron chi connectivity index (χ0n) is 15.6. The third-order valence-corrected chi connectivity index (χ3v) is 4.34. The fraction of sp³-hybridized carbons (Fsp3) is 0.250. The molecule has 2 amide bonds. The number of para-hydroxylation sites is 1. The molecule has 0 saturated carbocycles. The summed E-state index contributed by atoms with van der Waals surface area (Å²) in [5.74, 6) is -0.502. The molecule has 0 heterocycles. The number of nitrogens with one attached hydrogen (secondary N) is 2. The largest absolute Gasteiger partial charge is 0.352 e. The Morgan fingerprint density at radius 3 is 2.55 bits per heavy atom. The lowest BCUT2D eigenvalue weighted by atomic mass is 10.1.